The van der Waals surface area contributed by atoms with Crippen molar-refractivity contribution in [2.24, 2.45) is 0 Å². The molecule has 0 N–H and O–H groups in total. The maximum absolute atomic E-state index is 14.2. The molecule has 3 rings (SSSR count). The summed E-state index contributed by atoms with van der Waals surface area (Å²) in [5.41, 5.74) is 1.56. The van der Waals surface area contributed by atoms with Gasteiger partial charge >= 0.3 is 0 Å². The number of methoxy groups -OCH3 is 1. The molecule has 0 aliphatic carbocycles. The fourth-order valence-electron chi connectivity index (χ4n) is 2.80. The molecular weight excluding hydrogens is 362 g/mol. The number of sulfonamides is 1. The number of rotatable bonds is 3. The first kappa shape index (κ1) is 17.7. The molecule has 0 aromatic heterocycles. The molecule has 0 spiro atoms. The highest BCUT2D eigenvalue weighted by atomic mass is 32.2. The average Bonchev–Trinajstić information content (AvgIpc) is 2.60. The Morgan fingerprint density at radius 3 is 2.08 bits per heavy atom. The molecule has 0 saturated heterocycles. The lowest BCUT2D eigenvalue weighted by Crippen LogP contribution is -2.37. The van der Waals surface area contributed by atoms with E-state index in [1.54, 1.807) is 18.2 Å². The Kier molecular flexibility index (Phi) is 4.46. The van der Waals surface area contributed by atoms with Crippen LogP contribution in [0, 0.1) is 23.3 Å². The minimum absolute atomic E-state index is 0.0620. The van der Waals surface area contributed by atoms with Gasteiger partial charge in [0.25, 0.3) is 0 Å². The van der Waals surface area contributed by atoms with Gasteiger partial charge in [-0.25, -0.2) is 17.2 Å². The summed E-state index contributed by atoms with van der Waals surface area (Å²) in [6, 6.07) is 6.98. The summed E-state index contributed by atoms with van der Waals surface area (Å²) in [6.45, 7) is -0.208. The van der Waals surface area contributed by atoms with E-state index in [1.807, 2.05) is 6.07 Å². The van der Waals surface area contributed by atoms with Crippen LogP contribution in [0.1, 0.15) is 11.1 Å². The molecule has 1 aliphatic heterocycles. The molecule has 0 amide bonds. The summed E-state index contributed by atoms with van der Waals surface area (Å²) >= 11 is 0. The molecule has 0 fully saturated rings. The van der Waals surface area contributed by atoms with Crippen molar-refractivity contribution >= 4 is 10.0 Å². The van der Waals surface area contributed by atoms with E-state index in [9.17, 15) is 26.0 Å². The predicted molar refractivity (Wildman–Crippen MR) is 80.6 cm³/mol. The monoisotopic (exact) mass is 375 g/mol. The first-order chi connectivity index (χ1) is 11.8. The fourth-order valence-corrected chi connectivity index (χ4v) is 4.33. The number of nitrogens with zero attached hydrogens (tertiary/aromatic N) is 1. The van der Waals surface area contributed by atoms with Gasteiger partial charge in [0, 0.05) is 13.1 Å². The summed E-state index contributed by atoms with van der Waals surface area (Å²) in [5, 5.41) is 0. The van der Waals surface area contributed by atoms with E-state index in [4.69, 9.17) is 0 Å². The lowest BCUT2D eigenvalue weighted by atomic mass is 10.0. The average molecular weight is 375 g/mol. The third-order valence-corrected chi connectivity index (χ3v) is 5.95. The maximum Gasteiger partial charge on any atom is 0.249 e. The first-order valence-corrected chi connectivity index (χ1v) is 8.70. The van der Waals surface area contributed by atoms with Crippen LogP contribution in [0.4, 0.5) is 17.6 Å². The van der Waals surface area contributed by atoms with Crippen molar-refractivity contribution in [1.29, 1.82) is 0 Å². The smallest absolute Gasteiger partial charge is 0.249 e. The number of benzene rings is 2. The highest BCUT2D eigenvalue weighted by Crippen LogP contribution is 2.35. The SMILES string of the molecule is COc1c(F)c(F)c(S(=O)(=O)N2CCc3ccccc3C2)c(F)c1F. The second kappa shape index (κ2) is 6.30. The normalized spacial score (nSPS) is 15.1. The third-order valence-electron chi connectivity index (χ3n) is 4.08. The van der Waals surface area contributed by atoms with Crippen LogP contribution in [0.2, 0.25) is 0 Å². The quantitative estimate of drug-likeness (QED) is 0.612. The third kappa shape index (κ3) is 2.77. The first-order valence-electron chi connectivity index (χ1n) is 7.26. The molecule has 4 nitrogen and oxygen atoms in total. The van der Waals surface area contributed by atoms with Gasteiger partial charge in [0.05, 0.1) is 7.11 Å². The number of halogens is 4. The van der Waals surface area contributed by atoms with Crippen LogP contribution in [-0.2, 0) is 23.0 Å². The van der Waals surface area contributed by atoms with Crippen molar-refractivity contribution < 1.29 is 30.7 Å². The van der Waals surface area contributed by atoms with Crippen molar-refractivity contribution in [1.82, 2.24) is 4.31 Å². The van der Waals surface area contributed by atoms with Crippen LogP contribution in [0.15, 0.2) is 29.2 Å². The maximum atomic E-state index is 14.2. The van der Waals surface area contributed by atoms with Gasteiger partial charge in [-0.15, -0.1) is 0 Å². The molecule has 0 radical (unpaired) electrons. The van der Waals surface area contributed by atoms with Crippen LogP contribution < -0.4 is 4.74 Å². The minimum atomic E-state index is -4.79. The van der Waals surface area contributed by atoms with Crippen molar-refractivity contribution in [3.05, 3.63) is 58.7 Å². The summed E-state index contributed by atoms with van der Waals surface area (Å²) in [4.78, 5) is -1.65. The summed E-state index contributed by atoms with van der Waals surface area (Å²) in [5.74, 6) is -9.10. The number of hydrogen-bond acceptors (Lipinski definition) is 3. The van der Waals surface area contributed by atoms with Crippen LogP contribution in [0.3, 0.4) is 0 Å². The standard InChI is InChI=1S/C16H13F4NO3S/c1-24-15-11(17)13(19)16(14(20)12(15)18)25(22,23)21-7-6-9-4-2-3-5-10(9)8-21/h2-5H,6-8H2,1H3. The van der Waals surface area contributed by atoms with E-state index in [2.05, 4.69) is 4.74 Å². The van der Waals surface area contributed by atoms with Crippen LogP contribution in [0.5, 0.6) is 5.75 Å². The molecule has 134 valence electrons. The molecule has 9 heteroatoms. The lowest BCUT2D eigenvalue weighted by Gasteiger charge is -2.28. The van der Waals surface area contributed by atoms with E-state index in [0.29, 0.717) is 12.0 Å². The summed E-state index contributed by atoms with van der Waals surface area (Å²) in [7, 11) is -3.97. The van der Waals surface area contributed by atoms with E-state index >= 15 is 0 Å². The molecule has 2 aromatic rings. The van der Waals surface area contributed by atoms with Crippen molar-refractivity contribution in [3.8, 4) is 5.75 Å². The Morgan fingerprint density at radius 2 is 1.52 bits per heavy atom. The van der Waals surface area contributed by atoms with E-state index in [-0.39, 0.29) is 13.1 Å². The van der Waals surface area contributed by atoms with E-state index in [0.717, 1.165) is 17.0 Å². The molecule has 1 aliphatic rings. The molecule has 1 heterocycles. The summed E-state index contributed by atoms with van der Waals surface area (Å²) in [6.07, 6.45) is 0.319. The van der Waals surface area contributed by atoms with Crippen LogP contribution in [0.25, 0.3) is 0 Å². The Bertz CT molecular complexity index is 918. The van der Waals surface area contributed by atoms with Gasteiger partial charge in [0.1, 0.15) is 0 Å². The Morgan fingerprint density at radius 1 is 0.960 bits per heavy atom. The molecular formula is C16H13F4NO3S. The second-order valence-electron chi connectivity index (χ2n) is 5.48. The van der Waals surface area contributed by atoms with Gasteiger partial charge in [0.2, 0.25) is 21.7 Å². The topological polar surface area (TPSA) is 46.6 Å². The number of ether oxygens (including phenoxy) is 1. The zero-order valence-corrected chi connectivity index (χ0v) is 13.8. The van der Waals surface area contributed by atoms with Gasteiger partial charge in [-0.2, -0.15) is 13.1 Å². The molecule has 0 bridgehead atoms. The second-order valence-corrected chi connectivity index (χ2v) is 7.35. The lowest BCUT2D eigenvalue weighted by molar-refractivity contribution is 0.318. The van der Waals surface area contributed by atoms with Gasteiger partial charge in [-0.1, -0.05) is 24.3 Å². The van der Waals surface area contributed by atoms with E-state index < -0.39 is 43.9 Å². The Balaban J connectivity index is 2.11. The number of fused-ring (bicyclic) bond motifs is 1. The number of hydrogen-bond donors (Lipinski definition) is 0. The van der Waals surface area contributed by atoms with Crippen molar-refractivity contribution in [2.45, 2.75) is 17.9 Å². The Hall–Kier alpha value is -2.13. The predicted octanol–water partition coefficient (Wildman–Crippen LogP) is 3.00. The molecule has 0 unspecified atom stereocenters. The Labute approximate surface area is 141 Å². The highest BCUT2D eigenvalue weighted by molar-refractivity contribution is 7.89. The highest BCUT2D eigenvalue weighted by Gasteiger charge is 2.38. The van der Waals surface area contributed by atoms with E-state index in [1.165, 1.54) is 0 Å². The van der Waals surface area contributed by atoms with Gasteiger partial charge < -0.3 is 4.74 Å². The van der Waals surface area contributed by atoms with Gasteiger partial charge in [0.15, 0.2) is 22.3 Å². The molecule has 0 atom stereocenters. The summed E-state index contributed by atoms with van der Waals surface area (Å²) < 4.78 is 86.3. The van der Waals surface area contributed by atoms with Crippen LogP contribution in [-0.4, -0.2) is 26.4 Å². The molecule has 0 saturated carbocycles. The zero-order chi connectivity index (χ0) is 18.4. The largest absolute Gasteiger partial charge is 0.491 e. The molecule has 25 heavy (non-hydrogen) atoms. The van der Waals surface area contributed by atoms with Gasteiger partial charge in [-0.05, 0) is 17.5 Å². The van der Waals surface area contributed by atoms with Gasteiger partial charge in [-0.3, -0.25) is 0 Å². The molecule has 2 aromatic carbocycles. The van der Waals surface area contributed by atoms with Crippen molar-refractivity contribution in [2.75, 3.05) is 13.7 Å². The van der Waals surface area contributed by atoms with Crippen LogP contribution >= 0.6 is 0 Å². The minimum Gasteiger partial charge on any atom is -0.491 e. The fraction of sp³-hybridized carbons (Fsp3) is 0.250. The zero-order valence-electron chi connectivity index (χ0n) is 13.0. The van der Waals surface area contributed by atoms with Crippen molar-refractivity contribution in [3.63, 3.8) is 0 Å².